The Morgan fingerprint density at radius 3 is 2.67 bits per heavy atom. The number of aliphatic hydroxyl groups excluding tert-OH is 2. The highest BCUT2D eigenvalue weighted by Crippen LogP contribution is 2.27. The first-order valence-electron chi connectivity index (χ1n) is 4.54. The van der Waals surface area contributed by atoms with Gasteiger partial charge < -0.3 is 30.5 Å². The molecule has 4 atom stereocenters. The fourth-order valence-electron chi connectivity index (χ4n) is 1.70. The van der Waals surface area contributed by atoms with Crippen LogP contribution in [0, 0.1) is 0 Å². The zero-order chi connectivity index (χ0) is 11.6. The highest BCUT2D eigenvalue weighted by molar-refractivity contribution is 5.75. The summed E-state index contributed by atoms with van der Waals surface area (Å²) in [5, 5.41) is 39.4. The summed E-state index contributed by atoms with van der Waals surface area (Å²) in [5.74, 6) is -4.00. The highest BCUT2D eigenvalue weighted by Gasteiger charge is 2.50. The molecule has 0 amide bonds. The maximum absolute atomic E-state index is 10.7. The first kappa shape index (κ1) is 12.3. The number of carboxylic acids is 1. The van der Waals surface area contributed by atoms with Crippen LogP contribution in [0.3, 0.4) is 0 Å². The predicted octanol–water partition coefficient (Wildman–Crippen LogP) is -2.51. The van der Waals surface area contributed by atoms with Gasteiger partial charge in [-0.3, -0.25) is 0 Å². The minimum absolute atomic E-state index is 0.440. The molecule has 4 unspecified atom stereocenters. The first-order chi connectivity index (χ1) is 6.94. The average Bonchev–Trinajstić information content (AvgIpc) is 2.16. The summed E-state index contributed by atoms with van der Waals surface area (Å²) < 4.78 is 4.84. The van der Waals surface area contributed by atoms with Crippen molar-refractivity contribution in [2.45, 2.75) is 30.5 Å². The van der Waals surface area contributed by atoms with E-state index in [1.807, 2.05) is 0 Å². The van der Waals surface area contributed by atoms with Crippen LogP contribution < -0.4 is 5.32 Å². The van der Waals surface area contributed by atoms with Crippen molar-refractivity contribution in [3.05, 3.63) is 0 Å². The second-order valence-electron chi connectivity index (χ2n) is 3.51. The summed E-state index contributed by atoms with van der Waals surface area (Å²) in [5.41, 5.74) is 0. The van der Waals surface area contributed by atoms with Gasteiger partial charge in [-0.05, 0) is 7.05 Å². The number of hydrogen-bond acceptors (Lipinski definition) is 6. The molecule has 0 aromatic rings. The van der Waals surface area contributed by atoms with Crippen LogP contribution in [-0.2, 0) is 9.53 Å². The molecule has 1 rings (SSSR count). The number of likely N-dealkylation sites (N-methyl/N-ethyl adjacent to an activating group) is 1. The second-order valence-corrected chi connectivity index (χ2v) is 3.51. The molecule has 0 radical (unpaired) electrons. The zero-order valence-corrected chi connectivity index (χ0v) is 8.25. The smallest absolute Gasteiger partial charge is 0.364 e. The number of hydrogen-bond donors (Lipinski definition) is 5. The molecule has 88 valence electrons. The van der Waals surface area contributed by atoms with Crippen LogP contribution in [0.25, 0.3) is 0 Å². The van der Waals surface area contributed by atoms with Crippen LogP contribution in [0.2, 0.25) is 0 Å². The Hall–Kier alpha value is -0.730. The van der Waals surface area contributed by atoms with Gasteiger partial charge in [-0.25, -0.2) is 4.79 Å². The Balaban J connectivity index is 2.84. The third-order valence-electron chi connectivity index (χ3n) is 2.49. The van der Waals surface area contributed by atoms with Crippen molar-refractivity contribution in [3.63, 3.8) is 0 Å². The van der Waals surface area contributed by atoms with E-state index in [9.17, 15) is 15.0 Å². The molecule has 0 saturated carbocycles. The lowest BCUT2D eigenvalue weighted by Gasteiger charge is -2.41. The van der Waals surface area contributed by atoms with E-state index in [1.165, 1.54) is 0 Å². The number of carboxylic acid groups (broad SMARTS) is 1. The quantitative estimate of drug-likeness (QED) is 0.357. The van der Waals surface area contributed by atoms with Crippen molar-refractivity contribution in [1.29, 1.82) is 0 Å². The van der Waals surface area contributed by atoms with Gasteiger partial charge in [0.05, 0.1) is 18.8 Å². The lowest BCUT2D eigenvalue weighted by atomic mass is 9.93. The molecule has 5 N–H and O–H groups in total. The summed E-state index contributed by atoms with van der Waals surface area (Å²) in [6, 6.07) is -0.602. The normalized spacial score (nSPS) is 41.5. The number of rotatable bonds is 3. The van der Waals surface area contributed by atoms with Crippen LogP contribution >= 0.6 is 0 Å². The van der Waals surface area contributed by atoms with Crippen molar-refractivity contribution in [3.8, 4) is 0 Å². The standard InChI is InChI=1S/C8H15NO6/c1-9-6-4(11)2-8(14,7(12)13)15-5(6)3-10/h4-6,9-11,14H,2-3H2,1H3,(H,12,13). The molecule has 15 heavy (non-hydrogen) atoms. The van der Waals surface area contributed by atoms with Crippen LogP contribution in [0.4, 0.5) is 0 Å². The number of ether oxygens (including phenoxy) is 1. The largest absolute Gasteiger partial charge is 0.477 e. The molecule has 7 nitrogen and oxygen atoms in total. The van der Waals surface area contributed by atoms with E-state index < -0.39 is 43.0 Å². The van der Waals surface area contributed by atoms with Crippen molar-refractivity contribution < 1.29 is 30.0 Å². The van der Waals surface area contributed by atoms with Crippen LogP contribution in [-0.4, -0.2) is 64.1 Å². The molecular weight excluding hydrogens is 206 g/mol. The average molecular weight is 221 g/mol. The predicted molar refractivity (Wildman–Crippen MR) is 48.0 cm³/mol. The minimum Gasteiger partial charge on any atom is -0.477 e. The number of aliphatic carboxylic acids is 1. The third-order valence-corrected chi connectivity index (χ3v) is 2.49. The second kappa shape index (κ2) is 4.42. The van der Waals surface area contributed by atoms with Gasteiger partial charge >= 0.3 is 5.97 Å². The van der Waals surface area contributed by atoms with Crippen LogP contribution in [0.5, 0.6) is 0 Å². The van der Waals surface area contributed by atoms with Crippen molar-refractivity contribution >= 4 is 5.97 Å². The van der Waals surface area contributed by atoms with Gasteiger partial charge in [0.15, 0.2) is 0 Å². The molecule has 0 aromatic carbocycles. The highest BCUT2D eigenvalue weighted by atomic mass is 16.7. The summed E-state index contributed by atoms with van der Waals surface area (Å²) in [4.78, 5) is 10.7. The van der Waals surface area contributed by atoms with Crippen molar-refractivity contribution in [2.75, 3.05) is 13.7 Å². The molecule has 0 bridgehead atoms. The Morgan fingerprint density at radius 2 is 2.27 bits per heavy atom. The molecule has 0 aromatic heterocycles. The summed E-state index contributed by atoms with van der Waals surface area (Å²) in [6.07, 6.45) is -2.49. The van der Waals surface area contributed by atoms with Crippen LogP contribution in [0.1, 0.15) is 6.42 Å². The molecule has 1 aliphatic heterocycles. The lowest BCUT2D eigenvalue weighted by molar-refractivity contribution is -0.280. The molecule has 0 aliphatic carbocycles. The zero-order valence-electron chi connectivity index (χ0n) is 8.25. The van der Waals surface area contributed by atoms with E-state index in [1.54, 1.807) is 7.05 Å². The van der Waals surface area contributed by atoms with Gasteiger partial charge in [-0.15, -0.1) is 0 Å². The Kier molecular flexibility index (Phi) is 3.63. The Labute approximate surface area is 86.3 Å². The maximum atomic E-state index is 10.7. The van der Waals surface area contributed by atoms with Gasteiger partial charge in [0.1, 0.15) is 6.10 Å². The molecule has 1 saturated heterocycles. The fourth-order valence-corrected chi connectivity index (χ4v) is 1.70. The lowest BCUT2D eigenvalue weighted by Crippen LogP contribution is -2.62. The van der Waals surface area contributed by atoms with E-state index in [2.05, 4.69) is 5.32 Å². The summed E-state index contributed by atoms with van der Waals surface area (Å²) in [6.45, 7) is -0.488. The van der Waals surface area contributed by atoms with Gasteiger partial charge in [0, 0.05) is 6.42 Å². The Morgan fingerprint density at radius 1 is 1.67 bits per heavy atom. The number of nitrogens with one attached hydrogen (secondary N) is 1. The SMILES string of the molecule is CNC1C(O)CC(O)(C(=O)O)OC1CO. The van der Waals surface area contributed by atoms with E-state index in [4.69, 9.17) is 14.9 Å². The van der Waals surface area contributed by atoms with E-state index in [0.29, 0.717) is 0 Å². The molecule has 7 heteroatoms. The Bertz CT molecular complexity index is 247. The minimum atomic E-state index is -2.43. The molecule has 1 fully saturated rings. The summed E-state index contributed by atoms with van der Waals surface area (Å²) in [7, 11) is 1.55. The van der Waals surface area contributed by atoms with Crippen molar-refractivity contribution in [1.82, 2.24) is 5.32 Å². The van der Waals surface area contributed by atoms with Crippen LogP contribution in [0.15, 0.2) is 0 Å². The maximum Gasteiger partial charge on any atom is 0.364 e. The molecular formula is C8H15NO6. The molecule has 0 spiro atoms. The topological polar surface area (TPSA) is 119 Å². The van der Waals surface area contributed by atoms with Gasteiger partial charge in [-0.1, -0.05) is 0 Å². The first-order valence-corrected chi connectivity index (χ1v) is 4.54. The fraction of sp³-hybridized carbons (Fsp3) is 0.875. The van der Waals surface area contributed by atoms with E-state index >= 15 is 0 Å². The van der Waals surface area contributed by atoms with Gasteiger partial charge in [0.25, 0.3) is 5.79 Å². The number of carbonyl (C=O) groups is 1. The van der Waals surface area contributed by atoms with Gasteiger partial charge in [-0.2, -0.15) is 0 Å². The van der Waals surface area contributed by atoms with E-state index in [0.717, 1.165) is 0 Å². The van der Waals surface area contributed by atoms with Gasteiger partial charge in [0.2, 0.25) is 0 Å². The monoisotopic (exact) mass is 221 g/mol. The number of aliphatic hydroxyl groups is 3. The third kappa shape index (κ3) is 2.27. The van der Waals surface area contributed by atoms with Crippen molar-refractivity contribution in [2.24, 2.45) is 0 Å². The molecule has 1 aliphatic rings. The van der Waals surface area contributed by atoms with E-state index in [-0.39, 0.29) is 0 Å². The molecule has 1 heterocycles. The summed E-state index contributed by atoms with van der Waals surface area (Å²) >= 11 is 0.